The van der Waals surface area contributed by atoms with Crippen LogP contribution in [-0.2, 0) is 0 Å². The minimum absolute atomic E-state index is 0. The van der Waals surface area contributed by atoms with Gasteiger partial charge in [-0.2, -0.15) is 0 Å². The molecule has 0 aromatic rings. The molecule has 0 radical (unpaired) electrons. The maximum Gasteiger partial charge on any atom is 1.00 e. The van der Waals surface area contributed by atoms with Crippen molar-refractivity contribution in [3.63, 3.8) is 0 Å². The zero-order valence-corrected chi connectivity index (χ0v) is 19.8. The summed E-state index contributed by atoms with van der Waals surface area (Å²) in [7, 11) is 0. The van der Waals surface area contributed by atoms with Gasteiger partial charge in [-0.05, 0) is 6.16 Å². The van der Waals surface area contributed by atoms with Gasteiger partial charge in [0.25, 0.3) is 0 Å². The average molecular weight is 460 g/mol. The van der Waals surface area contributed by atoms with E-state index in [0.717, 1.165) is 0 Å². The minimum Gasteiger partial charge on any atom is -1.00 e. The predicted octanol–water partition coefficient (Wildman–Crippen LogP) is -14.4. The number of rotatable bonds is 0. The summed E-state index contributed by atoms with van der Waals surface area (Å²) in [5.41, 5.74) is 0. The average Bonchev–Trinajstić information content (AvgIpc) is 0.811. The Balaban J connectivity index is -0.00000000750. The van der Waals surface area contributed by atoms with Crippen molar-refractivity contribution in [3.05, 3.63) is 0 Å². The summed E-state index contributed by atoms with van der Waals surface area (Å²) in [6, 6.07) is 0. The van der Waals surface area contributed by atoms with Gasteiger partial charge in [-0.1, -0.05) is 0 Å². The van der Waals surface area contributed by atoms with Crippen LogP contribution < -0.4 is 191 Å². The number of halogens is 1. The van der Waals surface area contributed by atoms with Crippen molar-refractivity contribution < 1.29 is 196 Å². The molecule has 0 aliphatic carbocycles. The second-order valence-electron chi connectivity index (χ2n) is 0.250. The number of carboxylic acid groups (broad SMARTS) is 2. The molecule has 0 amide bonds. The molecule has 0 unspecified atom stereocenters. The third-order valence-corrected chi connectivity index (χ3v) is 0. The molecule has 0 atom stereocenters. The number of carbonyl (C=O) groups is 1. The molecular weight excluding hydrogens is 460 g/mol. The van der Waals surface area contributed by atoms with Crippen molar-refractivity contribution in [1.29, 1.82) is 0 Å². The van der Waals surface area contributed by atoms with E-state index in [-0.39, 0.29) is 181 Å². The quantitative estimate of drug-likeness (QED) is 0.267. The Labute approximate surface area is 195 Å². The fourth-order valence-electron chi connectivity index (χ4n) is 0. The van der Waals surface area contributed by atoms with Crippen molar-refractivity contribution in [1.82, 2.24) is 0 Å². The summed E-state index contributed by atoms with van der Waals surface area (Å²) in [6.45, 7) is 0. The van der Waals surface area contributed by atoms with Crippen molar-refractivity contribution in [2.45, 2.75) is 0 Å². The Morgan fingerprint density at radius 2 is 1.12 bits per heavy atom. The van der Waals surface area contributed by atoms with Crippen LogP contribution in [0.3, 0.4) is 0 Å². The van der Waals surface area contributed by atoms with Gasteiger partial charge in [0, 0.05) is 0 Å². The molecule has 0 aromatic heterocycles. The molecule has 0 N–H and O–H groups in total. The van der Waals surface area contributed by atoms with Gasteiger partial charge >= 0.3 is 157 Å². The van der Waals surface area contributed by atoms with Gasteiger partial charge in [-0.25, -0.2) is 0 Å². The molecule has 0 rings (SSSR count). The van der Waals surface area contributed by atoms with Crippen LogP contribution in [0, 0.1) is 0 Å². The van der Waals surface area contributed by atoms with Crippen LogP contribution in [0.2, 0.25) is 0 Å². The molecule has 32 valence electrons. The smallest absolute Gasteiger partial charge is 1.00 e. The van der Waals surface area contributed by atoms with E-state index in [9.17, 15) is 0 Å². The first kappa shape index (κ1) is 29.3. The topological polar surface area (TPSA) is 63.2 Å². The van der Waals surface area contributed by atoms with Crippen molar-refractivity contribution in [2.24, 2.45) is 0 Å². The third-order valence-electron chi connectivity index (χ3n) is 0. The van der Waals surface area contributed by atoms with Gasteiger partial charge in [-0.3, -0.25) is 0 Å². The van der Waals surface area contributed by atoms with E-state index >= 15 is 0 Å². The van der Waals surface area contributed by atoms with Crippen LogP contribution in [0.15, 0.2) is 0 Å². The Kier molecular flexibility index (Phi) is 82.8. The third kappa shape index (κ3) is 45.6. The van der Waals surface area contributed by atoms with Crippen LogP contribution in [0.1, 0.15) is 0 Å². The summed E-state index contributed by atoms with van der Waals surface area (Å²) < 4.78 is 0. The summed E-state index contributed by atoms with van der Waals surface area (Å²) in [5, 5.41) is 16.7. The number of carbonyl (C=O) groups excluding carboxylic acids is 1. The van der Waals surface area contributed by atoms with E-state index in [4.69, 9.17) is 15.0 Å². The molecule has 0 saturated carbocycles. The Hall–Kier alpha value is 4.70. The number of hydrogen-bond donors (Lipinski definition) is 0. The molecule has 0 heterocycles. The van der Waals surface area contributed by atoms with Gasteiger partial charge in [0.05, 0.1) is 0 Å². The summed E-state index contributed by atoms with van der Waals surface area (Å²) in [4.78, 5) is 8.33. The normalized spacial score (nSPS) is 3.00. The van der Waals surface area contributed by atoms with E-state index in [2.05, 4.69) is 0 Å². The van der Waals surface area contributed by atoms with Gasteiger partial charge in [0.2, 0.25) is 0 Å². The monoisotopic (exact) mass is 460 g/mol. The molecule has 0 aliphatic rings. The van der Waals surface area contributed by atoms with Crippen molar-refractivity contribution >= 4 is 6.16 Å². The van der Waals surface area contributed by atoms with Crippen molar-refractivity contribution in [3.8, 4) is 0 Å². The van der Waals surface area contributed by atoms with Gasteiger partial charge in [0.1, 0.15) is 0 Å². The summed E-state index contributed by atoms with van der Waals surface area (Å²) in [6.07, 6.45) is -2.33. The first-order valence-corrected chi connectivity index (χ1v) is 0.612. The zero-order valence-electron chi connectivity index (χ0n) is 5.10. The molecule has 7 heteroatoms. The van der Waals surface area contributed by atoms with Crippen LogP contribution in [0.5, 0.6) is 0 Å². The molecule has 3 nitrogen and oxygen atoms in total. The zero-order chi connectivity index (χ0) is 3.58. The molecule has 0 bridgehead atoms. The van der Waals surface area contributed by atoms with Crippen LogP contribution >= 0.6 is 0 Å². The van der Waals surface area contributed by atoms with E-state index in [1.54, 1.807) is 0 Å². The SMILES string of the molecule is O=C([O-])[O-].[Cs+].[Cs+].[I-].[Li+]. The van der Waals surface area contributed by atoms with Crippen LogP contribution in [0.4, 0.5) is 4.79 Å². The molecule has 0 saturated heterocycles. The molecule has 0 spiro atoms. The van der Waals surface area contributed by atoms with Crippen LogP contribution in [0.25, 0.3) is 0 Å². The maximum absolute atomic E-state index is 8.33. The summed E-state index contributed by atoms with van der Waals surface area (Å²) in [5.74, 6) is 0. The summed E-state index contributed by atoms with van der Waals surface area (Å²) >= 11 is 0. The maximum atomic E-state index is 8.33. The molecular formula is CCs2ILiO3. The number of hydrogen-bond acceptors (Lipinski definition) is 3. The predicted molar refractivity (Wildman–Crippen MR) is 5.40 cm³/mol. The molecule has 0 fully saturated rings. The second kappa shape index (κ2) is 22.6. The first-order chi connectivity index (χ1) is 1.73. The Morgan fingerprint density at radius 3 is 1.12 bits per heavy atom. The van der Waals surface area contributed by atoms with Crippen molar-refractivity contribution in [2.75, 3.05) is 0 Å². The molecule has 8 heavy (non-hydrogen) atoms. The second-order valence-corrected chi connectivity index (χ2v) is 0.250. The minimum atomic E-state index is -2.33. The van der Waals surface area contributed by atoms with Gasteiger partial charge in [0.15, 0.2) is 0 Å². The van der Waals surface area contributed by atoms with E-state index in [1.165, 1.54) is 0 Å². The Bertz CT molecular complexity index is 40.3. The molecule has 0 aromatic carbocycles. The fourth-order valence-corrected chi connectivity index (χ4v) is 0. The largest absolute Gasteiger partial charge is 1.00 e. The van der Waals surface area contributed by atoms with Gasteiger partial charge < -0.3 is 39.0 Å². The molecule has 0 aliphatic heterocycles. The fraction of sp³-hybridized carbons (Fsp3) is 0. The van der Waals surface area contributed by atoms with E-state index < -0.39 is 6.16 Å². The first-order valence-electron chi connectivity index (χ1n) is 0.612. The van der Waals surface area contributed by atoms with Crippen LogP contribution in [-0.4, -0.2) is 6.16 Å². The Morgan fingerprint density at radius 1 is 1.12 bits per heavy atom. The van der Waals surface area contributed by atoms with E-state index in [0.29, 0.717) is 0 Å². The van der Waals surface area contributed by atoms with Gasteiger partial charge in [-0.15, -0.1) is 0 Å². The standard InChI is InChI=1S/CH2O3.2Cs.HI.Li/c2-1(3)4;;;;/h(H2,2,3,4);;;1H;/q;2*+1;;+1/p-3. The van der Waals surface area contributed by atoms with E-state index in [1.807, 2.05) is 0 Å².